The van der Waals surface area contributed by atoms with Crippen molar-refractivity contribution in [2.24, 2.45) is 0 Å². The highest BCUT2D eigenvalue weighted by Crippen LogP contribution is 2.04. The number of hydrogen-bond donors (Lipinski definition) is 0. The number of carbonyl (C=O) groups excluding carboxylic acids is 1. The minimum absolute atomic E-state index is 0.0266. The average Bonchev–Trinajstić information content (AvgIpc) is 1.85. The number of rotatable bonds is 4. The van der Waals surface area contributed by atoms with E-state index in [4.69, 9.17) is 4.74 Å². The van der Waals surface area contributed by atoms with Gasteiger partial charge in [-0.05, 0) is 29.5 Å². The summed E-state index contributed by atoms with van der Waals surface area (Å²) in [6, 6.07) is 0. The third-order valence-electron chi connectivity index (χ3n) is 0.675. The fourth-order valence-corrected chi connectivity index (χ4v) is 1.08. The molecular weight excluding hydrogens is 362 g/mol. The normalized spacial score (nSPS) is 12.7. The van der Waals surface area contributed by atoms with Crippen molar-refractivity contribution in [3.05, 3.63) is 0 Å². The third kappa shape index (κ3) is 7.00. The molecule has 0 amide bonds. The van der Waals surface area contributed by atoms with E-state index in [1.165, 1.54) is 0 Å². The molecule has 0 aliphatic heterocycles. The second-order valence-corrected chi connectivity index (χ2v) is 3.68. The quantitative estimate of drug-likeness (QED) is 0.433. The van der Waals surface area contributed by atoms with E-state index in [-0.39, 0.29) is 8.09 Å². The maximum atomic E-state index is 10.3. The van der Waals surface area contributed by atoms with Crippen LogP contribution in [0.3, 0.4) is 0 Å². The van der Waals surface area contributed by atoms with Gasteiger partial charge < -0.3 is 9.47 Å². The molecule has 0 aromatic rings. The first kappa shape index (κ1) is 10.9. The molecule has 0 saturated carbocycles. The Labute approximate surface area is 87.1 Å². The average molecular weight is 370 g/mol. The predicted octanol–water partition coefficient (Wildman–Crippen LogP) is 2.36. The van der Waals surface area contributed by atoms with Gasteiger partial charge in [-0.1, -0.05) is 0 Å². The zero-order valence-electron chi connectivity index (χ0n) is 5.47. The zero-order chi connectivity index (χ0) is 7.98. The Kier molecular flexibility index (Phi) is 7.18. The molecule has 3 nitrogen and oxygen atoms in total. The van der Waals surface area contributed by atoms with Gasteiger partial charge in [-0.3, -0.25) is 0 Å². The molecule has 0 rings (SSSR count). The van der Waals surface area contributed by atoms with Crippen LogP contribution in [0.2, 0.25) is 0 Å². The van der Waals surface area contributed by atoms with Crippen molar-refractivity contribution in [1.29, 1.82) is 0 Å². The molecule has 0 aliphatic carbocycles. The SMILES string of the molecule is CCOC(I)COC(=O)I. The van der Waals surface area contributed by atoms with Gasteiger partial charge in [0.25, 0.3) is 0 Å². The van der Waals surface area contributed by atoms with Gasteiger partial charge in [-0.25, -0.2) is 4.79 Å². The Hall–Kier alpha value is 0.890. The van der Waals surface area contributed by atoms with Crippen LogP contribution in [0.4, 0.5) is 4.79 Å². The Morgan fingerprint density at radius 3 is 2.70 bits per heavy atom. The summed E-state index contributed by atoms with van der Waals surface area (Å²) in [5, 5.41) is 0. The maximum absolute atomic E-state index is 10.3. The van der Waals surface area contributed by atoms with Gasteiger partial charge >= 0.3 is 3.98 Å². The smallest absolute Gasteiger partial charge is 0.367 e. The van der Waals surface area contributed by atoms with Crippen molar-refractivity contribution in [1.82, 2.24) is 0 Å². The minimum atomic E-state index is -0.293. The Morgan fingerprint density at radius 1 is 1.70 bits per heavy atom. The number of carbonyl (C=O) groups is 1. The molecule has 0 radical (unpaired) electrons. The number of ether oxygens (including phenoxy) is 2. The molecule has 0 spiro atoms. The monoisotopic (exact) mass is 370 g/mol. The van der Waals surface area contributed by atoms with Crippen molar-refractivity contribution in [2.75, 3.05) is 13.2 Å². The van der Waals surface area contributed by atoms with Crippen LogP contribution in [-0.4, -0.2) is 21.3 Å². The summed E-state index contributed by atoms with van der Waals surface area (Å²) in [6.07, 6.45) is 0. The summed E-state index contributed by atoms with van der Waals surface area (Å²) in [5.41, 5.74) is 0. The highest BCUT2D eigenvalue weighted by molar-refractivity contribution is 14.1. The molecule has 0 fully saturated rings. The molecule has 5 heteroatoms. The van der Waals surface area contributed by atoms with Crippen molar-refractivity contribution in [2.45, 2.75) is 11.0 Å². The fraction of sp³-hybridized carbons (Fsp3) is 0.800. The minimum Gasteiger partial charge on any atom is -0.455 e. The zero-order valence-corrected chi connectivity index (χ0v) is 9.79. The lowest BCUT2D eigenvalue weighted by Gasteiger charge is -2.07. The molecule has 10 heavy (non-hydrogen) atoms. The van der Waals surface area contributed by atoms with Crippen molar-refractivity contribution in [3.63, 3.8) is 0 Å². The molecule has 0 N–H and O–H groups in total. The summed E-state index contributed by atoms with van der Waals surface area (Å²) in [5.74, 6) is 0. The van der Waals surface area contributed by atoms with Gasteiger partial charge in [0.1, 0.15) is 10.7 Å². The van der Waals surface area contributed by atoms with Crippen LogP contribution in [0.5, 0.6) is 0 Å². The summed E-state index contributed by atoms with van der Waals surface area (Å²) >= 11 is 3.66. The first-order chi connectivity index (χ1) is 4.66. The summed E-state index contributed by atoms with van der Waals surface area (Å²) < 4.78 is 9.45. The Bertz CT molecular complexity index is 107. The van der Waals surface area contributed by atoms with E-state index in [1.807, 2.05) is 6.92 Å². The van der Waals surface area contributed by atoms with E-state index in [9.17, 15) is 4.79 Å². The number of halogens is 2. The van der Waals surface area contributed by atoms with Crippen LogP contribution < -0.4 is 0 Å². The van der Waals surface area contributed by atoms with Gasteiger partial charge in [0.15, 0.2) is 0 Å². The van der Waals surface area contributed by atoms with Gasteiger partial charge in [0, 0.05) is 6.61 Å². The predicted molar refractivity (Wildman–Crippen MR) is 54.8 cm³/mol. The van der Waals surface area contributed by atoms with E-state index in [1.54, 1.807) is 22.6 Å². The van der Waals surface area contributed by atoms with E-state index in [2.05, 4.69) is 27.3 Å². The highest BCUT2D eigenvalue weighted by atomic mass is 127. The first-order valence-electron chi connectivity index (χ1n) is 2.74. The van der Waals surface area contributed by atoms with Gasteiger partial charge in [0.05, 0.1) is 22.6 Å². The Balaban J connectivity index is 3.21. The maximum Gasteiger partial charge on any atom is 0.367 e. The third-order valence-corrected chi connectivity index (χ3v) is 1.71. The van der Waals surface area contributed by atoms with E-state index >= 15 is 0 Å². The summed E-state index contributed by atoms with van der Waals surface area (Å²) in [6.45, 7) is 2.88. The molecule has 1 unspecified atom stereocenters. The molecular formula is C5H8I2O3. The number of alkyl halides is 1. The largest absolute Gasteiger partial charge is 0.455 e. The van der Waals surface area contributed by atoms with Crippen molar-refractivity contribution >= 4 is 49.2 Å². The second-order valence-electron chi connectivity index (χ2n) is 1.41. The van der Waals surface area contributed by atoms with Gasteiger partial charge in [-0.15, -0.1) is 0 Å². The fourth-order valence-electron chi connectivity index (χ4n) is 0.360. The first-order valence-corrected chi connectivity index (χ1v) is 5.07. The standard InChI is InChI=1S/C5H8I2O3/c1-2-9-4(6)3-10-5(7)8/h4H,2-3H2,1H3. The molecule has 1 atom stereocenters. The lowest BCUT2D eigenvalue weighted by Crippen LogP contribution is -2.13. The lowest BCUT2D eigenvalue weighted by atomic mass is 10.7. The molecule has 0 aliphatic rings. The van der Waals surface area contributed by atoms with E-state index in [0.717, 1.165) is 0 Å². The van der Waals surface area contributed by atoms with Crippen LogP contribution in [0.15, 0.2) is 0 Å². The summed E-state index contributed by atoms with van der Waals surface area (Å²) in [4.78, 5) is 10.3. The van der Waals surface area contributed by atoms with Crippen molar-refractivity contribution < 1.29 is 14.3 Å². The molecule has 0 aromatic carbocycles. The van der Waals surface area contributed by atoms with Crippen LogP contribution >= 0.6 is 45.2 Å². The molecule has 0 heterocycles. The molecule has 0 aromatic heterocycles. The number of hydrogen-bond acceptors (Lipinski definition) is 3. The second kappa shape index (κ2) is 6.59. The molecule has 60 valence electrons. The summed E-state index contributed by atoms with van der Waals surface area (Å²) in [7, 11) is 0. The van der Waals surface area contributed by atoms with Gasteiger partial charge in [-0.2, -0.15) is 0 Å². The van der Waals surface area contributed by atoms with Crippen LogP contribution in [0.1, 0.15) is 6.92 Å². The van der Waals surface area contributed by atoms with Crippen molar-refractivity contribution in [3.8, 4) is 0 Å². The van der Waals surface area contributed by atoms with Crippen LogP contribution in [-0.2, 0) is 9.47 Å². The van der Waals surface area contributed by atoms with Crippen LogP contribution in [0.25, 0.3) is 0 Å². The van der Waals surface area contributed by atoms with E-state index in [0.29, 0.717) is 13.2 Å². The molecule has 0 saturated heterocycles. The lowest BCUT2D eigenvalue weighted by molar-refractivity contribution is 0.0797. The van der Waals surface area contributed by atoms with Gasteiger partial charge in [0.2, 0.25) is 0 Å². The Morgan fingerprint density at radius 2 is 2.30 bits per heavy atom. The molecule has 0 bridgehead atoms. The highest BCUT2D eigenvalue weighted by Gasteiger charge is 2.04. The topological polar surface area (TPSA) is 35.5 Å². The van der Waals surface area contributed by atoms with Crippen LogP contribution in [0, 0.1) is 0 Å². The van der Waals surface area contributed by atoms with E-state index < -0.39 is 0 Å².